The number of hydrogen-bond acceptors (Lipinski definition) is 8. The summed E-state index contributed by atoms with van der Waals surface area (Å²) >= 11 is 1.56. The number of nitrogens with zero attached hydrogens (tertiary/aromatic N) is 2. The molecule has 5 rings (SSSR count). The van der Waals surface area contributed by atoms with Gasteiger partial charge < -0.3 is 23.6 Å². The minimum absolute atomic E-state index is 0.218. The largest absolute Gasteiger partial charge is 0.459 e. The molecule has 30 heavy (non-hydrogen) atoms. The van der Waals surface area contributed by atoms with Gasteiger partial charge in [-0.05, 0) is 54.6 Å². The van der Waals surface area contributed by atoms with Gasteiger partial charge in [0, 0.05) is 16.1 Å². The number of amides is 1. The number of nitrogens with one attached hydrogen (secondary N) is 1. The van der Waals surface area contributed by atoms with Crippen LogP contribution in [0.1, 0.15) is 16.4 Å². The zero-order chi connectivity index (χ0) is 20.3. The third kappa shape index (κ3) is 3.87. The van der Waals surface area contributed by atoms with Gasteiger partial charge in [-0.2, -0.15) is 0 Å². The highest BCUT2D eigenvalue weighted by Gasteiger charge is 2.17. The van der Waals surface area contributed by atoms with Crippen molar-refractivity contribution >= 4 is 23.4 Å². The van der Waals surface area contributed by atoms with Crippen LogP contribution in [0, 0.1) is 0 Å². The first-order valence-electron chi connectivity index (χ1n) is 9.05. The number of ether oxygens (including phenoxy) is 2. The van der Waals surface area contributed by atoms with Gasteiger partial charge in [-0.15, -0.1) is 22.0 Å². The van der Waals surface area contributed by atoms with Crippen molar-refractivity contribution in [3.05, 3.63) is 72.5 Å². The summed E-state index contributed by atoms with van der Waals surface area (Å²) in [7, 11) is 0. The van der Waals surface area contributed by atoms with E-state index in [1.54, 1.807) is 23.9 Å². The van der Waals surface area contributed by atoms with Crippen molar-refractivity contribution in [3.8, 4) is 23.0 Å². The number of aromatic nitrogens is 2. The monoisotopic (exact) mass is 421 g/mol. The van der Waals surface area contributed by atoms with Crippen molar-refractivity contribution < 1.29 is 23.1 Å². The van der Waals surface area contributed by atoms with Crippen molar-refractivity contribution in [1.82, 2.24) is 10.2 Å². The first kappa shape index (κ1) is 18.3. The molecular weight excluding hydrogens is 406 g/mol. The number of thioether (sulfide) groups is 1. The molecule has 1 amide bonds. The van der Waals surface area contributed by atoms with Crippen LogP contribution in [0.3, 0.4) is 0 Å². The van der Waals surface area contributed by atoms with Crippen LogP contribution in [0.2, 0.25) is 0 Å². The van der Waals surface area contributed by atoms with Crippen molar-refractivity contribution in [2.24, 2.45) is 0 Å². The van der Waals surface area contributed by atoms with Crippen LogP contribution in [-0.2, 0) is 5.75 Å². The fourth-order valence-corrected chi connectivity index (χ4v) is 3.57. The minimum atomic E-state index is -0.290. The Labute approximate surface area is 175 Å². The number of hydrogen-bond donors (Lipinski definition) is 1. The molecule has 3 heterocycles. The topological polar surface area (TPSA) is 99.6 Å². The first-order chi connectivity index (χ1) is 14.7. The van der Waals surface area contributed by atoms with Gasteiger partial charge >= 0.3 is 0 Å². The lowest BCUT2D eigenvalue weighted by molar-refractivity contribution is 0.0996. The van der Waals surface area contributed by atoms with Gasteiger partial charge in [-0.1, -0.05) is 0 Å². The molecule has 9 heteroatoms. The van der Waals surface area contributed by atoms with E-state index in [0.717, 1.165) is 10.5 Å². The zero-order valence-corrected chi connectivity index (χ0v) is 16.3. The highest BCUT2D eigenvalue weighted by molar-refractivity contribution is 7.98. The van der Waals surface area contributed by atoms with E-state index in [0.29, 0.717) is 34.7 Å². The van der Waals surface area contributed by atoms with Crippen molar-refractivity contribution in [2.45, 2.75) is 10.6 Å². The van der Waals surface area contributed by atoms with Gasteiger partial charge in [0.2, 0.25) is 18.6 Å². The second-order valence-corrected chi connectivity index (χ2v) is 7.36. The molecule has 0 saturated carbocycles. The van der Waals surface area contributed by atoms with Crippen LogP contribution in [0.15, 0.2) is 74.6 Å². The smallest absolute Gasteiger partial charge is 0.291 e. The van der Waals surface area contributed by atoms with Gasteiger partial charge in [0.15, 0.2) is 17.3 Å². The molecule has 2 aromatic carbocycles. The maximum Gasteiger partial charge on any atom is 0.291 e. The maximum absolute atomic E-state index is 12.0. The highest BCUT2D eigenvalue weighted by atomic mass is 32.2. The normalized spacial score (nSPS) is 12.1. The molecule has 0 radical (unpaired) electrons. The molecule has 0 spiro atoms. The number of carbonyl (C=O) groups excluding carboxylic acids is 1. The molecular formula is C21H15N3O5S. The molecule has 0 atom stereocenters. The van der Waals surface area contributed by atoms with E-state index in [1.807, 2.05) is 42.5 Å². The van der Waals surface area contributed by atoms with Gasteiger partial charge in [0.1, 0.15) is 0 Å². The third-order valence-corrected chi connectivity index (χ3v) is 5.30. The van der Waals surface area contributed by atoms with Crippen LogP contribution in [0.4, 0.5) is 5.69 Å². The summed E-state index contributed by atoms with van der Waals surface area (Å²) in [4.78, 5) is 13.0. The minimum Gasteiger partial charge on any atom is -0.459 e. The van der Waals surface area contributed by atoms with Crippen LogP contribution < -0.4 is 14.8 Å². The maximum atomic E-state index is 12.0. The molecule has 0 fully saturated rings. The molecule has 0 aliphatic carbocycles. The standard InChI is InChI=1S/C21H15N3O5S/c25-20(17-2-1-9-26-17)22-14-4-6-15(7-5-14)30-11-19-23-24-21(29-19)13-3-8-16-18(10-13)28-12-27-16/h1-10H,11-12H2,(H,22,25). The Morgan fingerprint density at radius 1 is 1.03 bits per heavy atom. The fraction of sp³-hybridized carbons (Fsp3) is 0.0952. The average molecular weight is 421 g/mol. The van der Waals surface area contributed by atoms with Gasteiger partial charge in [-0.25, -0.2) is 0 Å². The Morgan fingerprint density at radius 2 is 1.90 bits per heavy atom. The Balaban J connectivity index is 1.19. The Morgan fingerprint density at radius 3 is 2.73 bits per heavy atom. The first-order valence-corrected chi connectivity index (χ1v) is 10.0. The number of fused-ring (bicyclic) bond motifs is 1. The summed E-state index contributed by atoms with van der Waals surface area (Å²) in [5.41, 5.74) is 1.46. The van der Waals surface area contributed by atoms with Crippen LogP contribution >= 0.6 is 11.8 Å². The van der Waals surface area contributed by atoms with E-state index >= 15 is 0 Å². The Bertz CT molecular complexity index is 1170. The zero-order valence-electron chi connectivity index (χ0n) is 15.5. The van der Waals surface area contributed by atoms with E-state index < -0.39 is 0 Å². The number of furan rings is 1. The molecule has 0 bridgehead atoms. The SMILES string of the molecule is O=C(Nc1ccc(SCc2nnc(-c3ccc4c(c3)OCO4)o2)cc1)c1ccco1. The molecule has 8 nitrogen and oxygen atoms in total. The molecule has 4 aromatic rings. The summed E-state index contributed by atoms with van der Waals surface area (Å²) in [5.74, 6) is 2.82. The molecule has 1 N–H and O–H groups in total. The second-order valence-electron chi connectivity index (χ2n) is 6.31. The predicted molar refractivity (Wildman–Crippen MR) is 109 cm³/mol. The fourth-order valence-electron chi connectivity index (χ4n) is 2.84. The lowest BCUT2D eigenvalue weighted by Gasteiger charge is -2.04. The molecule has 2 aromatic heterocycles. The Kier molecular flexibility index (Phi) is 4.86. The van der Waals surface area contributed by atoms with E-state index in [2.05, 4.69) is 15.5 Å². The highest BCUT2D eigenvalue weighted by Crippen LogP contribution is 2.35. The van der Waals surface area contributed by atoms with Crippen LogP contribution in [0.5, 0.6) is 11.5 Å². The lowest BCUT2D eigenvalue weighted by atomic mass is 10.2. The van der Waals surface area contributed by atoms with Crippen molar-refractivity contribution in [2.75, 3.05) is 12.1 Å². The molecule has 0 unspecified atom stereocenters. The van der Waals surface area contributed by atoms with E-state index in [1.165, 1.54) is 6.26 Å². The summed E-state index contributed by atoms with van der Waals surface area (Å²) in [5, 5.41) is 11.0. The molecule has 150 valence electrons. The molecule has 1 aliphatic heterocycles. The summed E-state index contributed by atoms with van der Waals surface area (Å²) < 4.78 is 21.5. The lowest BCUT2D eigenvalue weighted by Crippen LogP contribution is -2.10. The summed E-state index contributed by atoms with van der Waals surface area (Å²) in [6.07, 6.45) is 1.46. The number of anilines is 1. The van der Waals surface area contributed by atoms with E-state index in [-0.39, 0.29) is 18.5 Å². The van der Waals surface area contributed by atoms with E-state index in [4.69, 9.17) is 18.3 Å². The second kappa shape index (κ2) is 7.96. The van der Waals surface area contributed by atoms with Crippen molar-refractivity contribution in [1.29, 1.82) is 0 Å². The van der Waals surface area contributed by atoms with Gasteiger partial charge in [0.25, 0.3) is 5.91 Å². The molecule has 1 aliphatic rings. The predicted octanol–water partition coefficient (Wildman–Crippen LogP) is 4.60. The average Bonchev–Trinajstić information content (AvgIpc) is 3.54. The number of benzene rings is 2. The van der Waals surface area contributed by atoms with Gasteiger partial charge in [-0.3, -0.25) is 4.79 Å². The van der Waals surface area contributed by atoms with Gasteiger partial charge in [0.05, 0.1) is 12.0 Å². The van der Waals surface area contributed by atoms with E-state index in [9.17, 15) is 4.79 Å². The molecule has 0 saturated heterocycles. The number of carbonyl (C=O) groups is 1. The quantitative estimate of drug-likeness (QED) is 0.451. The van der Waals surface area contributed by atoms with Crippen LogP contribution in [-0.4, -0.2) is 22.9 Å². The third-order valence-electron chi connectivity index (χ3n) is 4.31. The van der Waals surface area contributed by atoms with Crippen LogP contribution in [0.25, 0.3) is 11.5 Å². The van der Waals surface area contributed by atoms with Crippen molar-refractivity contribution in [3.63, 3.8) is 0 Å². The summed E-state index contributed by atoms with van der Waals surface area (Å²) in [6.45, 7) is 0.218. The Hall–Kier alpha value is -3.72. The number of rotatable bonds is 6. The summed E-state index contributed by atoms with van der Waals surface area (Å²) in [6, 6.07) is 16.3.